The van der Waals surface area contributed by atoms with Crippen LogP contribution in [0.5, 0.6) is 0 Å². The van der Waals surface area contributed by atoms with Crippen molar-refractivity contribution in [2.24, 2.45) is 11.7 Å². The lowest BCUT2D eigenvalue weighted by atomic mass is 10.0. The molecule has 3 rings (SSSR count). The summed E-state index contributed by atoms with van der Waals surface area (Å²) in [6, 6.07) is 7.69. The number of aromatic amines is 1. The number of nitrogens with one attached hydrogen (secondary N) is 1. The number of aromatic nitrogens is 1. The molecule has 1 amide bonds. The van der Waals surface area contributed by atoms with Crippen molar-refractivity contribution in [3.8, 4) is 0 Å². The summed E-state index contributed by atoms with van der Waals surface area (Å²) < 4.78 is 0. The van der Waals surface area contributed by atoms with E-state index in [0.29, 0.717) is 12.3 Å². The van der Waals surface area contributed by atoms with E-state index in [4.69, 9.17) is 5.73 Å². The monoisotopic (exact) mass is 335 g/mol. The Kier molecular flexibility index (Phi) is 6.08. The molecule has 126 valence electrons. The second-order valence-corrected chi connectivity index (χ2v) is 6.40. The van der Waals surface area contributed by atoms with E-state index in [0.717, 1.165) is 36.0 Å². The Bertz CT molecular complexity index is 651. The number of halogens is 1. The van der Waals surface area contributed by atoms with E-state index < -0.39 is 6.04 Å². The molecule has 2 aromatic rings. The van der Waals surface area contributed by atoms with Gasteiger partial charge in [-0.2, -0.15) is 0 Å². The van der Waals surface area contributed by atoms with Gasteiger partial charge in [0, 0.05) is 30.2 Å². The summed E-state index contributed by atoms with van der Waals surface area (Å²) in [6.45, 7) is 3.81. The molecular weight excluding hydrogens is 310 g/mol. The predicted molar refractivity (Wildman–Crippen MR) is 96.8 cm³/mol. The molecule has 0 spiro atoms. The van der Waals surface area contributed by atoms with Crippen LogP contribution in [0.2, 0.25) is 0 Å². The molecule has 3 N–H and O–H groups in total. The van der Waals surface area contributed by atoms with Crippen LogP contribution in [0.3, 0.4) is 0 Å². The largest absolute Gasteiger partial charge is 0.361 e. The molecule has 0 bridgehead atoms. The highest BCUT2D eigenvalue weighted by atomic mass is 35.5. The number of amides is 1. The molecule has 1 aliphatic carbocycles. The molecule has 0 radical (unpaired) electrons. The summed E-state index contributed by atoms with van der Waals surface area (Å²) in [7, 11) is 0. The minimum Gasteiger partial charge on any atom is -0.361 e. The lowest BCUT2D eigenvalue weighted by molar-refractivity contribution is -0.132. The summed E-state index contributed by atoms with van der Waals surface area (Å²) in [5.74, 6) is 0.801. The van der Waals surface area contributed by atoms with Gasteiger partial charge in [0.1, 0.15) is 0 Å². The Balaban J connectivity index is 0.00000192. The zero-order chi connectivity index (χ0) is 15.5. The summed E-state index contributed by atoms with van der Waals surface area (Å²) in [6.07, 6.45) is 6.06. The number of benzene rings is 1. The smallest absolute Gasteiger partial charge is 0.239 e. The number of carbonyl (C=O) groups is 1. The van der Waals surface area contributed by atoms with Gasteiger partial charge in [-0.15, -0.1) is 12.4 Å². The Morgan fingerprint density at radius 3 is 2.83 bits per heavy atom. The molecular formula is C18H26ClN3O. The van der Waals surface area contributed by atoms with Gasteiger partial charge < -0.3 is 15.6 Å². The van der Waals surface area contributed by atoms with Crippen molar-refractivity contribution >= 4 is 29.2 Å². The highest BCUT2D eigenvalue weighted by Crippen LogP contribution is 2.30. The average Bonchev–Trinajstić information content (AvgIpc) is 3.26. The fourth-order valence-corrected chi connectivity index (χ4v) is 3.03. The lowest BCUT2D eigenvalue weighted by Crippen LogP contribution is -2.46. The van der Waals surface area contributed by atoms with E-state index in [1.54, 1.807) is 0 Å². The third-order valence-electron chi connectivity index (χ3n) is 4.41. The molecule has 5 heteroatoms. The molecule has 0 unspecified atom stereocenters. The summed E-state index contributed by atoms with van der Waals surface area (Å²) in [5, 5.41) is 1.16. The van der Waals surface area contributed by atoms with Gasteiger partial charge in [0.25, 0.3) is 0 Å². The van der Waals surface area contributed by atoms with Crippen molar-refractivity contribution in [3.63, 3.8) is 0 Å². The number of rotatable bonds is 7. The first-order valence-corrected chi connectivity index (χ1v) is 8.28. The zero-order valence-corrected chi connectivity index (χ0v) is 14.4. The van der Waals surface area contributed by atoms with Gasteiger partial charge in [0.05, 0.1) is 6.04 Å². The van der Waals surface area contributed by atoms with Gasteiger partial charge in [-0.3, -0.25) is 4.79 Å². The minimum absolute atomic E-state index is 0. The van der Waals surface area contributed by atoms with Gasteiger partial charge in [0.2, 0.25) is 5.91 Å². The van der Waals surface area contributed by atoms with E-state index in [1.165, 1.54) is 12.8 Å². The maximum atomic E-state index is 12.6. The van der Waals surface area contributed by atoms with Crippen molar-refractivity contribution in [2.75, 3.05) is 13.1 Å². The molecule has 1 aromatic heterocycles. The highest BCUT2D eigenvalue weighted by Gasteiger charge is 2.28. The molecule has 1 aromatic carbocycles. The van der Waals surface area contributed by atoms with Crippen LogP contribution < -0.4 is 5.73 Å². The van der Waals surface area contributed by atoms with Gasteiger partial charge >= 0.3 is 0 Å². The Morgan fingerprint density at radius 1 is 1.39 bits per heavy atom. The van der Waals surface area contributed by atoms with Crippen molar-refractivity contribution in [2.45, 2.75) is 38.6 Å². The second kappa shape index (κ2) is 7.84. The van der Waals surface area contributed by atoms with E-state index in [9.17, 15) is 4.79 Å². The summed E-state index contributed by atoms with van der Waals surface area (Å²) in [4.78, 5) is 17.9. The van der Waals surface area contributed by atoms with Crippen molar-refractivity contribution in [1.29, 1.82) is 0 Å². The number of para-hydroxylation sites is 1. The van der Waals surface area contributed by atoms with Crippen LogP contribution in [0.1, 0.15) is 31.7 Å². The second-order valence-electron chi connectivity index (χ2n) is 6.40. The first-order valence-electron chi connectivity index (χ1n) is 8.28. The molecule has 0 saturated heterocycles. The van der Waals surface area contributed by atoms with Gasteiger partial charge in [-0.1, -0.05) is 25.1 Å². The molecule has 1 saturated carbocycles. The van der Waals surface area contributed by atoms with Crippen LogP contribution in [-0.4, -0.2) is 34.9 Å². The van der Waals surface area contributed by atoms with E-state index in [2.05, 4.69) is 18.0 Å². The number of hydrogen-bond acceptors (Lipinski definition) is 2. The van der Waals surface area contributed by atoms with Crippen LogP contribution in [0, 0.1) is 5.92 Å². The Hall–Kier alpha value is -1.52. The third-order valence-corrected chi connectivity index (χ3v) is 4.41. The van der Waals surface area contributed by atoms with Gasteiger partial charge in [-0.05, 0) is 43.2 Å². The van der Waals surface area contributed by atoms with Crippen LogP contribution in [0.25, 0.3) is 10.9 Å². The summed E-state index contributed by atoms with van der Waals surface area (Å²) >= 11 is 0. The predicted octanol–water partition coefficient (Wildman–Crippen LogP) is 3.11. The lowest BCUT2D eigenvalue weighted by Gasteiger charge is -2.25. The first-order chi connectivity index (χ1) is 10.7. The van der Waals surface area contributed by atoms with E-state index in [1.807, 2.05) is 29.3 Å². The standard InChI is InChI=1S/C18H25N3O.ClH/c1-2-9-21(12-13-7-8-13)18(22)16(19)10-14-11-20-17-6-4-3-5-15(14)17;/h3-6,11,13,16,20H,2,7-10,12,19H2,1H3;1H/t16-;/m0./s1. The zero-order valence-electron chi connectivity index (χ0n) is 13.6. The van der Waals surface area contributed by atoms with Crippen LogP contribution >= 0.6 is 12.4 Å². The minimum atomic E-state index is -0.454. The fourth-order valence-electron chi connectivity index (χ4n) is 3.03. The van der Waals surface area contributed by atoms with Crippen LogP contribution in [0.15, 0.2) is 30.5 Å². The maximum Gasteiger partial charge on any atom is 0.239 e. The number of carbonyl (C=O) groups excluding carboxylic acids is 1. The van der Waals surface area contributed by atoms with Gasteiger partial charge in [0.15, 0.2) is 0 Å². The van der Waals surface area contributed by atoms with Crippen molar-refractivity contribution in [3.05, 3.63) is 36.0 Å². The fraction of sp³-hybridized carbons (Fsp3) is 0.500. The third kappa shape index (κ3) is 4.27. The SMILES string of the molecule is CCCN(CC1CC1)C(=O)[C@@H](N)Cc1c[nH]c2ccccc12.Cl. The molecule has 4 nitrogen and oxygen atoms in total. The maximum absolute atomic E-state index is 12.6. The topological polar surface area (TPSA) is 62.1 Å². The first kappa shape index (κ1) is 17.8. The summed E-state index contributed by atoms with van der Waals surface area (Å²) in [5.41, 5.74) is 8.44. The molecule has 1 atom stereocenters. The van der Waals surface area contributed by atoms with Gasteiger partial charge in [-0.25, -0.2) is 0 Å². The number of nitrogens with two attached hydrogens (primary N) is 1. The van der Waals surface area contributed by atoms with E-state index in [-0.39, 0.29) is 18.3 Å². The van der Waals surface area contributed by atoms with Crippen LogP contribution in [-0.2, 0) is 11.2 Å². The Morgan fingerprint density at radius 2 is 2.13 bits per heavy atom. The number of H-pyrrole nitrogens is 1. The Labute approximate surface area is 143 Å². The quantitative estimate of drug-likeness (QED) is 0.816. The van der Waals surface area contributed by atoms with Crippen LogP contribution in [0.4, 0.5) is 0 Å². The van der Waals surface area contributed by atoms with Crippen molar-refractivity contribution in [1.82, 2.24) is 9.88 Å². The molecule has 0 aliphatic heterocycles. The number of fused-ring (bicyclic) bond motifs is 1. The normalized spacial score (nSPS) is 15.2. The highest BCUT2D eigenvalue weighted by molar-refractivity contribution is 5.86. The molecule has 1 aliphatic rings. The molecule has 1 fully saturated rings. The van der Waals surface area contributed by atoms with Crippen molar-refractivity contribution < 1.29 is 4.79 Å². The molecule has 1 heterocycles. The average molecular weight is 336 g/mol. The number of hydrogen-bond donors (Lipinski definition) is 2. The molecule has 23 heavy (non-hydrogen) atoms. The number of nitrogens with zero attached hydrogens (tertiary/aromatic N) is 1. The van der Waals surface area contributed by atoms with E-state index >= 15 is 0 Å².